The predicted molar refractivity (Wildman–Crippen MR) is 118 cm³/mol. The molecule has 2 aromatic heterocycles. The lowest BCUT2D eigenvalue weighted by Crippen LogP contribution is -2.35. The molecule has 0 amide bonds. The van der Waals surface area contributed by atoms with Gasteiger partial charge >= 0.3 is 6.18 Å². The molecule has 7 nitrogen and oxygen atoms in total. The number of hydrogen-bond acceptors (Lipinski definition) is 5. The zero-order valence-corrected chi connectivity index (χ0v) is 18.8. The number of likely N-dealkylation sites (tertiary alicyclic amines) is 1. The van der Waals surface area contributed by atoms with Gasteiger partial charge in [-0.25, -0.2) is 9.07 Å². The van der Waals surface area contributed by atoms with E-state index in [2.05, 4.69) is 15.3 Å². The van der Waals surface area contributed by atoms with E-state index in [0.29, 0.717) is 23.9 Å². The number of nitrogens with one attached hydrogen (secondary N) is 1. The van der Waals surface area contributed by atoms with Crippen LogP contribution >= 0.6 is 0 Å². The summed E-state index contributed by atoms with van der Waals surface area (Å²) in [5.74, 6) is -0.855. The first-order valence-corrected chi connectivity index (χ1v) is 10.9. The minimum Gasteiger partial charge on any atom is -0.361 e. The molecule has 3 atom stereocenters. The lowest BCUT2D eigenvalue weighted by atomic mass is 10.0. The number of pyridine rings is 1. The molecule has 1 aliphatic heterocycles. The van der Waals surface area contributed by atoms with Crippen molar-refractivity contribution in [1.29, 1.82) is 0 Å². The van der Waals surface area contributed by atoms with E-state index in [9.17, 15) is 27.2 Å². The smallest absolute Gasteiger partial charge is 0.361 e. The molecule has 0 spiro atoms. The van der Waals surface area contributed by atoms with Crippen LogP contribution in [0.25, 0.3) is 10.8 Å². The van der Waals surface area contributed by atoms with Gasteiger partial charge in [0.15, 0.2) is 5.82 Å². The minimum absolute atomic E-state index is 0.137. The molecule has 5 rings (SSSR count). The van der Waals surface area contributed by atoms with Crippen LogP contribution in [0.1, 0.15) is 30.5 Å². The maximum Gasteiger partial charge on any atom is 0.419 e. The Labute approximate surface area is 191 Å². The summed E-state index contributed by atoms with van der Waals surface area (Å²) in [6, 6.07) is 3.48. The van der Waals surface area contributed by atoms with Crippen molar-refractivity contribution < 1.29 is 17.6 Å². The van der Waals surface area contributed by atoms with E-state index < -0.39 is 29.2 Å². The summed E-state index contributed by atoms with van der Waals surface area (Å²) < 4.78 is 56.9. The van der Waals surface area contributed by atoms with Crippen LogP contribution in [-0.4, -0.2) is 39.4 Å². The first-order chi connectivity index (χ1) is 15.9. The maximum absolute atomic E-state index is 14.7. The molecular formula is C23H23F4N5O2. The van der Waals surface area contributed by atoms with Gasteiger partial charge in [0, 0.05) is 43.4 Å². The molecule has 1 N–H and O–H groups in total. The fraction of sp³-hybridized carbons (Fsp3) is 0.435. The van der Waals surface area contributed by atoms with E-state index in [1.54, 1.807) is 10.8 Å². The summed E-state index contributed by atoms with van der Waals surface area (Å²) in [4.78, 5) is 27.8. The predicted octanol–water partition coefficient (Wildman–Crippen LogP) is 3.09. The van der Waals surface area contributed by atoms with Crippen molar-refractivity contribution in [1.82, 2.24) is 19.2 Å². The van der Waals surface area contributed by atoms with Gasteiger partial charge in [-0.15, -0.1) is 0 Å². The van der Waals surface area contributed by atoms with Crippen LogP contribution in [0, 0.1) is 11.7 Å². The lowest BCUT2D eigenvalue weighted by molar-refractivity contribution is -0.140. The van der Waals surface area contributed by atoms with E-state index >= 15 is 0 Å². The van der Waals surface area contributed by atoms with Crippen LogP contribution in [0.4, 0.5) is 23.4 Å². The van der Waals surface area contributed by atoms with Gasteiger partial charge in [0.1, 0.15) is 5.82 Å². The molecule has 2 fully saturated rings. The van der Waals surface area contributed by atoms with Crippen LogP contribution in [0.5, 0.6) is 0 Å². The molecule has 0 bridgehead atoms. The Balaban J connectivity index is 1.61. The summed E-state index contributed by atoms with van der Waals surface area (Å²) in [6.07, 6.45) is -2.37. The number of likely N-dealkylation sites (N-methyl/N-ethyl adjacent to an activating group) is 1. The van der Waals surface area contributed by atoms with Crippen LogP contribution in [0.2, 0.25) is 0 Å². The van der Waals surface area contributed by atoms with E-state index in [1.807, 2.05) is 7.05 Å². The number of piperidine rings is 1. The molecule has 1 aliphatic carbocycles. The van der Waals surface area contributed by atoms with E-state index in [4.69, 9.17) is 0 Å². The van der Waals surface area contributed by atoms with Gasteiger partial charge < -0.3 is 14.8 Å². The van der Waals surface area contributed by atoms with Gasteiger partial charge in [-0.2, -0.15) is 18.3 Å². The quantitative estimate of drug-likeness (QED) is 0.585. The van der Waals surface area contributed by atoms with E-state index in [0.717, 1.165) is 23.7 Å². The number of alkyl halides is 3. The van der Waals surface area contributed by atoms with Crippen molar-refractivity contribution in [2.75, 3.05) is 25.5 Å². The number of rotatable bonds is 4. The topological polar surface area (TPSA) is 72.2 Å². The van der Waals surface area contributed by atoms with Crippen molar-refractivity contribution >= 4 is 16.6 Å². The average Bonchev–Trinajstić information content (AvgIpc) is 3.32. The summed E-state index contributed by atoms with van der Waals surface area (Å²) in [6.45, 7) is 3.08. The third-order valence-electron chi connectivity index (χ3n) is 6.99. The summed E-state index contributed by atoms with van der Waals surface area (Å²) in [5, 5.41) is 7.69. The number of anilines is 1. The zero-order chi connectivity index (χ0) is 24.6. The van der Waals surface area contributed by atoms with Crippen molar-refractivity contribution in [3.8, 4) is 0 Å². The van der Waals surface area contributed by atoms with Crippen molar-refractivity contribution in [2.24, 2.45) is 13.0 Å². The molecule has 11 heteroatoms. The molecule has 0 unspecified atom stereocenters. The average molecular weight is 477 g/mol. The number of halogens is 4. The number of aromatic nitrogens is 3. The Kier molecular flexibility index (Phi) is 4.91. The Morgan fingerprint density at radius 2 is 1.94 bits per heavy atom. The fourth-order valence-electron chi connectivity index (χ4n) is 5.24. The SMILES string of the molecule is C[C@@H](Nc1nn(C)c(=O)c2cc(=O)n([C@@]34C[C@@H]3CN(C)C4)cc12)c1cccc(C(F)(F)F)c1F. The number of hydrogen-bond donors (Lipinski definition) is 1. The molecule has 180 valence electrons. The van der Waals surface area contributed by atoms with Crippen LogP contribution < -0.4 is 16.4 Å². The van der Waals surface area contributed by atoms with Crippen LogP contribution in [0.3, 0.4) is 0 Å². The number of fused-ring (bicyclic) bond motifs is 2. The van der Waals surface area contributed by atoms with Gasteiger partial charge in [-0.3, -0.25) is 9.59 Å². The normalized spacial score (nSPS) is 23.2. The number of aryl methyl sites for hydroxylation is 1. The molecule has 2 aliphatic rings. The standard InChI is InChI=1S/C23H23F4N5O2/c1-12(14-5-4-6-17(19(14)24)23(25,26)27)28-20-16-10-32(22-8-13(22)9-30(2)11-22)18(33)7-15(16)21(34)31(3)29-20/h4-7,10,12-13H,8-9,11H2,1-3H3,(H,28,29)/t12-,13-,22-/m1/s1. The van der Waals surface area contributed by atoms with Gasteiger partial charge in [-0.05, 0) is 32.4 Å². The minimum atomic E-state index is -4.83. The maximum atomic E-state index is 14.7. The Morgan fingerprint density at radius 1 is 1.21 bits per heavy atom. The van der Waals surface area contributed by atoms with Gasteiger partial charge in [0.25, 0.3) is 11.1 Å². The highest BCUT2D eigenvalue weighted by molar-refractivity contribution is 5.90. The highest BCUT2D eigenvalue weighted by atomic mass is 19.4. The third kappa shape index (κ3) is 3.41. The van der Waals surface area contributed by atoms with Crippen molar-refractivity contribution in [3.05, 3.63) is 68.1 Å². The molecule has 1 saturated heterocycles. The first kappa shape index (κ1) is 22.6. The summed E-state index contributed by atoms with van der Waals surface area (Å²) in [7, 11) is 3.39. The lowest BCUT2D eigenvalue weighted by Gasteiger charge is -2.22. The second kappa shape index (κ2) is 7.39. The molecule has 0 radical (unpaired) electrons. The Morgan fingerprint density at radius 3 is 2.59 bits per heavy atom. The Bertz CT molecular complexity index is 1430. The highest BCUT2D eigenvalue weighted by Crippen LogP contribution is 2.54. The molecule has 1 aromatic carbocycles. The van der Waals surface area contributed by atoms with Gasteiger partial charge in [-0.1, -0.05) is 12.1 Å². The third-order valence-corrected chi connectivity index (χ3v) is 6.99. The largest absolute Gasteiger partial charge is 0.419 e. The van der Waals surface area contributed by atoms with Crippen LogP contribution in [-0.2, 0) is 18.8 Å². The van der Waals surface area contributed by atoms with Gasteiger partial charge in [0.05, 0.1) is 22.5 Å². The Hall–Kier alpha value is -3.21. The second-order valence-corrected chi connectivity index (χ2v) is 9.36. The first-order valence-electron chi connectivity index (χ1n) is 10.9. The summed E-state index contributed by atoms with van der Waals surface area (Å²) >= 11 is 0. The molecule has 1 saturated carbocycles. The van der Waals surface area contributed by atoms with Gasteiger partial charge in [0.2, 0.25) is 0 Å². The zero-order valence-electron chi connectivity index (χ0n) is 18.8. The molecule has 3 heterocycles. The van der Waals surface area contributed by atoms with Crippen molar-refractivity contribution in [2.45, 2.75) is 31.1 Å². The number of benzene rings is 1. The monoisotopic (exact) mass is 477 g/mol. The van der Waals surface area contributed by atoms with Crippen molar-refractivity contribution in [3.63, 3.8) is 0 Å². The van der Waals surface area contributed by atoms with E-state index in [-0.39, 0.29) is 27.9 Å². The van der Waals surface area contributed by atoms with E-state index in [1.165, 1.54) is 26.1 Å². The molecule has 34 heavy (non-hydrogen) atoms. The molecule has 3 aromatic rings. The fourth-order valence-corrected chi connectivity index (χ4v) is 5.24. The van der Waals surface area contributed by atoms with Crippen LogP contribution in [0.15, 0.2) is 40.1 Å². The second-order valence-electron chi connectivity index (χ2n) is 9.36. The molecular weight excluding hydrogens is 454 g/mol. The highest BCUT2D eigenvalue weighted by Gasteiger charge is 2.61. The summed E-state index contributed by atoms with van der Waals surface area (Å²) in [5.41, 5.74) is -2.65. The number of nitrogens with zero attached hydrogens (tertiary/aromatic N) is 4.